The lowest BCUT2D eigenvalue weighted by Crippen LogP contribution is -2.56. The molecule has 0 bridgehead atoms. The second-order valence-corrected chi connectivity index (χ2v) is 10.9. The molecule has 2 heterocycles. The number of piperidine rings is 1. The Bertz CT molecular complexity index is 1290. The van der Waals surface area contributed by atoms with Crippen LogP contribution >= 0.6 is 0 Å². The topological polar surface area (TPSA) is 138 Å². The number of nitrogens with one attached hydrogen (secondary N) is 2. The van der Waals surface area contributed by atoms with Gasteiger partial charge >= 0.3 is 5.63 Å². The molecule has 212 valence electrons. The molecule has 2 fully saturated rings. The van der Waals surface area contributed by atoms with Crippen LogP contribution in [0.3, 0.4) is 0 Å². The highest BCUT2D eigenvalue weighted by atomic mass is 16.5. The van der Waals surface area contributed by atoms with E-state index in [2.05, 4.69) is 10.6 Å². The molecule has 3 amide bonds. The molecule has 3 atom stereocenters. The number of carbonyl (C=O) groups excluding carboxylic acids is 3. The molecular weight excluding hydrogens is 502 g/mol. The van der Waals surface area contributed by atoms with Crippen molar-refractivity contribution in [2.45, 2.75) is 77.4 Å². The van der Waals surface area contributed by atoms with Gasteiger partial charge in [0.1, 0.15) is 11.3 Å². The number of aliphatic hydroxyl groups is 1. The van der Waals surface area contributed by atoms with E-state index in [9.17, 15) is 24.3 Å². The highest BCUT2D eigenvalue weighted by Crippen LogP contribution is 2.39. The number of carbonyl (C=O) groups is 3. The molecule has 0 spiro atoms. The molecule has 0 unspecified atom stereocenters. The largest absolute Gasteiger partial charge is 0.480 e. The maximum absolute atomic E-state index is 12.7. The highest BCUT2D eigenvalue weighted by Gasteiger charge is 2.43. The Balaban J connectivity index is 1.28. The van der Waals surface area contributed by atoms with Crippen molar-refractivity contribution in [3.63, 3.8) is 0 Å². The van der Waals surface area contributed by atoms with E-state index in [0.717, 1.165) is 43.2 Å². The average molecular weight is 542 g/mol. The predicted molar refractivity (Wildman–Crippen MR) is 145 cm³/mol. The van der Waals surface area contributed by atoms with Crippen molar-refractivity contribution in [2.75, 3.05) is 26.2 Å². The Kier molecular flexibility index (Phi) is 8.94. The van der Waals surface area contributed by atoms with Crippen molar-refractivity contribution in [2.24, 2.45) is 5.92 Å². The Labute approximate surface area is 228 Å². The number of nitrogens with zero attached hydrogens (tertiary/aromatic N) is 1. The van der Waals surface area contributed by atoms with E-state index in [4.69, 9.17) is 9.15 Å². The van der Waals surface area contributed by atoms with Crippen molar-refractivity contribution in [3.8, 4) is 5.75 Å². The monoisotopic (exact) mass is 541 g/mol. The van der Waals surface area contributed by atoms with E-state index in [0.29, 0.717) is 42.6 Å². The zero-order valence-corrected chi connectivity index (χ0v) is 23.0. The fraction of sp³-hybridized carbons (Fsp3) is 0.586. The lowest BCUT2D eigenvalue weighted by molar-refractivity contribution is -0.143. The first-order chi connectivity index (χ1) is 18.6. The van der Waals surface area contributed by atoms with Crippen LogP contribution in [0, 0.1) is 12.8 Å². The molecule has 1 saturated carbocycles. The number of rotatable bonds is 9. The molecule has 1 aliphatic heterocycles. The van der Waals surface area contributed by atoms with E-state index < -0.39 is 29.1 Å². The zero-order chi connectivity index (χ0) is 28.2. The van der Waals surface area contributed by atoms with Gasteiger partial charge < -0.3 is 29.8 Å². The van der Waals surface area contributed by atoms with E-state index in [-0.39, 0.29) is 24.9 Å². The molecular formula is C29H39N3O7. The van der Waals surface area contributed by atoms with E-state index in [1.165, 1.54) is 6.07 Å². The van der Waals surface area contributed by atoms with Gasteiger partial charge in [-0.1, -0.05) is 26.2 Å². The van der Waals surface area contributed by atoms with Gasteiger partial charge in [0, 0.05) is 25.1 Å². The lowest BCUT2D eigenvalue weighted by Gasteiger charge is -2.47. The molecule has 10 nitrogen and oxygen atoms in total. The summed E-state index contributed by atoms with van der Waals surface area (Å²) < 4.78 is 11.4. The Morgan fingerprint density at radius 2 is 1.97 bits per heavy atom. The number of benzene rings is 1. The first-order valence-electron chi connectivity index (χ1n) is 13.9. The molecule has 2 aromatic rings. The van der Waals surface area contributed by atoms with Gasteiger partial charge in [0.05, 0.1) is 24.1 Å². The van der Waals surface area contributed by atoms with Gasteiger partial charge in [0.25, 0.3) is 5.91 Å². The third kappa shape index (κ3) is 6.79. The minimum absolute atomic E-state index is 0.0834. The number of aryl methyl sites for hydroxylation is 2. The fourth-order valence-electron chi connectivity index (χ4n) is 5.73. The summed E-state index contributed by atoms with van der Waals surface area (Å²) in [5.74, 6) is -0.655. The van der Waals surface area contributed by atoms with Crippen molar-refractivity contribution in [1.29, 1.82) is 0 Å². The second-order valence-electron chi connectivity index (χ2n) is 10.9. The van der Waals surface area contributed by atoms with Crippen molar-refractivity contribution in [1.82, 2.24) is 15.5 Å². The Morgan fingerprint density at radius 1 is 1.18 bits per heavy atom. The normalized spacial score (nSPS) is 21.6. The quantitative estimate of drug-likeness (QED) is 0.414. The van der Waals surface area contributed by atoms with Gasteiger partial charge in [-0.25, -0.2) is 4.79 Å². The van der Waals surface area contributed by atoms with Crippen LogP contribution in [0.2, 0.25) is 0 Å². The predicted octanol–water partition coefficient (Wildman–Crippen LogP) is 2.21. The van der Waals surface area contributed by atoms with E-state index in [1.807, 2.05) is 13.8 Å². The van der Waals surface area contributed by atoms with Crippen molar-refractivity contribution >= 4 is 28.7 Å². The summed E-state index contributed by atoms with van der Waals surface area (Å²) >= 11 is 0. The molecule has 1 saturated heterocycles. The summed E-state index contributed by atoms with van der Waals surface area (Å²) in [6.07, 6.45) is 4.89. The minimum Gasteiger partial charge on any atom is -0.480 e. The third-order valence-electron chi connectivity index (χ3n) is 7.87. The first kappa shape index (κ1) is 28.6. The minimum atomic E-state index is -0.923. The summed E-state index contributed by atoms with van der Waals surface area (Å²) in [7, 11) is 0. The fourth-order valence-corrected chi connectivity index (χ4v) is 5.73. The summed E-state index contributed by atoms with van der Waals surface area (Å²) in [5, 5.41) is 16.6. The van der Waals surface area contributed by atoms with Crippen molar-refractivity contribution < 1.29 is 28.6 Å². The maximum Gasteiger partial charge on any atom is 0.336 e. The van der Waals surface area contributed by atoms with E-state index in [1.54, 1.807) is 24.0 Å². The van der Waals surface area contributed by atoms with Gasteiger partial charge in [-0.2, -0.15) is 0 Å². The maximum atomic E-state index is 12.7. The number of likely N-dealkylation sites (tertiary alicyclic amines) is 1. The molecule has 1 aliphatic carbocycles. The molecule has 0 radical (unpaired) electrons. The number of hydrogen-bond acceptors (Lipinski definition) is 7. The number of ether oxygens (including phenoxy) is 1. The van der Waals surface area contributed by atoms with Crippen LogP contribution in [0.25, 0.3) is 11.0 Å². The van der Waals surface area contributed by atoms with Gasteiger partial charge in [-0.3, -0.25) is 14.4 Å². The van der Waals surface area contributed by atoms with Crippen LogP contribution in [-0.2, 0) is 20.8 Å². The SMILES string of the molecule is CCCc1cc(=O)oc2cc(C)cc(O[C@@H](C)C(=O)NCC(=O)NCC(=O)N3CC[C@]4(O)CCCC[C@H]4C3)c12. The summed E-state index contributed by atoms with van der Waals surface area (Å²) in [5.41, 5.74) is 0.898. The van der Waals surface area contributed by atoms with Gasteiger partial charge in [-0.15, -0.1) is 0 Å². The molecule has 3 N–H and O–H groups in total. The number of hydrogen-bond donors (Lipinski definition) is 3. The molecule has 2 aliphatic rings. The summed E-state index contributed by atoms with van der Waals surface area (Å²) in [6.45, 7) is 5.95. The molecule has 39 heavy (non-hydrogen) atoms. The Morgan fingerprint density at radius 3 is 2.74 bits per heavy atom. The Hall–Kier alpha value is -3.40. The van der Waals surface area contributed by atoms with Crippen LogP contribution in [-0.4, -0.2) is 65.6 Å². The lowest BCUT2D eigenvalue weighted by atomic mass is 9.71. The van der Waals surface area contributed by atoms with Gasteiger partial charge in [0.15, 0.2) is 6.10 Å². The third-order valence-corrected chi connectivity index (χ3v) is 7.87. The van der Waals surface area contributed by atoms with Gasteiger partial charge in [0.2, 0.25) is 11.8 Å². The number of amides is 3. The van der Waals surface area contributed by atoms with Crippen LogP contribution < -0.4 is 21.0 Å². The zero-order valence-electron chi connectivity index (χ0n) is 23.0. The van der Waals surface area contributed by atoms with Crippen LogP contribution in [0.15, 0.2) is 27.4 Å². The second kappa shape index (κ2) is 12.2. The summed E-state index contributed by atoms with van der Waals surface area (Å²) in [4.78, 5) is 51.4. The smallest absolute Gasteiger partial charge is 0.336 e. The van der Waals surface area contributed by atoms with Crippen LogP contribution in [0.4, 0.5) is 0 Å². The molecule has 10 heteroatoms. The standard InChI is InChI=1S/C29H39N3O7/c1-4-7-20-14-26(35)39-23-13-18(2)12-22(27(20)23)38-19(3)28(36)31-15-24(33)30-16-25(34)32-11-10-29(37)9-6-5-8-21(29)17-32/h12-14,19,21,37H,4-11,15-17H2,1-3H3,(H,30,33)(H,31,36)/t19-,21-,29+/m0/s1. The van der Waals surface area contributed by atoms with E-state index >= 15 is 0 Å². The van der Waals surface area contributed by atoms with Crippen LogP contribution in [0.1, 0.15) is 63.5 Å². The van der Waals surface area contributed by atoms with Crippen LogP contribution in [0.5, 0.6) is 5.75 Å². The first-order valence-corrected chi connectivity index (χ1v) is 13.9. The molecule has 1 aromatic heterocycles. The molecule has 4 rings (SSSR count). The average Bonchev–Trinajstić information content (AvgIpc) is 2.89. The summed E-state index contributed by atoms with van der Waals surface area (Å²) in [6, 6.07) is 5.00. The molecule has 1 aromatic carbocycles. The number of fused-ring (bicyclic) bond motifs is 2. The van der Waals surface area contributed by atoms with Gasteiger partial charge in [-0.05, 0) is 62.8 Å². The highest BCUT2D eigenvalue weighted by molar-refractivity contribution is 5.91. The van der Waals surface area contributed by atoms with Crippen molar-refractivity contribution in [3.05, 3.63) is 39.7 Å².